The lowest BCUT2D eigenvalue weighted by Crippen LogP contribution is -2.31. The first kappa shape index (κ1) is 16.6. The molecule has 1 aliphatic carbocycles. The number of hydrogen-bond acceptors (Lipinski definition) is 5. The first-order valence-corrected chi connectivity index (χ1v) is 9.25. The molecular formula is C19H20FN3O4. The Morgan fingerprint density at radius 2 is 2.07 bits per heavy atom. The van der Waals surface area contributed by atoms with E-state index in [0.29, 0.717) is 30.1 Å². The Balaban J connectivity index is 1.85. The third kappa shape index (κ3) is 2.43. The Kier molecular flexibility index (Phi) is 3.49. The monoisotopic (exact) mass is 373 g/mol. The average molecular weight is 373 g/mol. The topological polar surface area (TPSA) is 97.8 Å². The van der Waals surface area contributed by atoms with Gasteiger partial charge in [0.1, 0.15) is 11.3 Å². The molecule has 5 rings (SSSR count). The third-order valence-electron chi connectivity index (χ3n) is 5.80. The molecule has 1 aromatic carbocycles. The van der Waals surface area contributed by atoms with Crippen LogP contribution >= 0.6 is 0 Å². The number of hydrogen-bond donors (Lipinski definition) is 2. The number of ether oxygens (including phenoxy) is 1. The first-order chi connectivity index (χ1) is 13.0. The van der Waals surface area contributed by atoms with Crippen LogP contribution in [0.1, 0.15) is 42.1 Å². The Bertz CT molecular complexity index is 1030. The molecular weight excluding hydrogens is 353 g/mol. The molecule has 1 aromatic heterocycles. The highest BCUT2D eigenvalue weighted by molar-refractivity contribution is 5.97. The molecule has 2 aromatic rings. The number of anilines is 1. The maximum atomic E-state index is 15.2. The van der Waals surface area contributed by atoms with Gasteiger partial charge in [0.15, 0.2) is 11.6 Å². The second-order valence-electron chi connectivity index (χ2n) is 7.69. The van der Waals surface area contributed by atoms with Crippen molar-refractivity contribution in [1.82, 2.24) is 4.57 Å². The number of carboxylic acids is 1. The Morgan fingerprint density at radius 1 is 1.30 bits per heavy atom. The van der Waals surface area contributed by atoms with Gasteiger partial charge in [0.2, 0.25) is 5.43 Å². The number of nitrogens with two attached hydrogens (primary N) is 1. The van der Waals surface area contributed by atoms with E-state index in [1.54, 1.807) is 4.57 Å². The van der Waals surface area contributed by atoms with Crippen molar-refractivity contribution in [2.24, 2.45) is 5.73 Å². The smallest absolute Gasteiger partial charge is 0.341 e. The van der Waals surface area contributed by atoms with E-state index in [1.807, 2.05) is 4.90 Å². The molecule has 27 heavy (non-hydrogen) atoms. The number of halogens is 1. The van der Waals surface area contributed by atoms with Gasteiger partial charge in [-0.25, -0.2) is 9.18 Å². The maximum absolute atomic E-state index is 15.2. The molecule has 0 radical (unpaired) electrons. The molecule has 8 heteroatoms. The molecule has 3 N–H and O–H groups in total. The van der Waals surface area contributed by atoms with Gasteiger partial charge >= 0.3 is 5.97 Å². The average Bonchev–Trinajstić information content (AvgIpc) is 3.40. The summed E-state index contributed by atoms with van der Waals surface area (Å²) < 4.78 is 22.9. The van der Waals surface area contributed by atoms with E-state index in [2.05, 4.69) is 0 Å². The Morgan fingerprint density at radius 3 is 2.78 bits per heavy atom. The summed E-state index contributed by atoms with van der Waals surface area (Å²) in [6.07, 6.45) is 4.66. The lowest BCUT2D eigenvalue weighted by atomic mass is 10.1. The molecule has 7 nitrogen and oxygen atoms in total. The van der Waals surface area contributed by atoms with E-state index in [1.165, 1.54) is 6.20 Å². The standard InChI is InChI=1S/C19H20FN3O4/c20-14-6-12-15(23(10-1-2-10)8-13(17(12)24)19(25)26)18-16(14)22-7-9(21)5-11(22)3-4-27-18/h6,8-11H,1-5,7,21H2,(H,25,26)/t9-,11+/m0/s1. The molecule has 0 amide bonds. The van der Waals surface area contributed by atoms with Gasteiger partial charge in [-0.15, -0.1) is 0 Å². The quantitative estimate of drug-likeness (QED) is 0.834. The van der Waals surface area contributed by atoms with Crippen LogP contribution in [0, 0.1) is 5.82 Å². The van der Waals surface area contributed by atoms with Gasteiger partial charge in [0, 0.05) is 37.3 Å². The summed E-state index contributed by atoms with van der Waals surface area (Å²) in [6.45, 7) is 0.934. The molecule has 0 bridgehead atoms. The number of nitrogens with zero attached hydrogens (tertiary/aromatic N) is 2. The number of carboxylic acid groups (broad SMARTS) is 1. The van der Waals surface area contributed by atoms with Crippen LogP contribution in [0.5, 0.6) is 5.75 Å². The molecule has 3 aliphatic rings. The van der Waals surface area contributed by atoms with Gasteiger partial charge in [-0.2, -0.15) is 0 Å². The summed E-state index contributed by atoms with van der Waals surface area (Å²) in [5, 5.41) is 9.45. The lowest BCUT2D eigenvalue weighted by molar-refractivity contribution is 0.0695. The minimum Gasteiger partial charge on any atom is -0.489 e. The summed E-state index contributed by atoms with van der Waals surface area (Å²) >= 11 is 0. The van der Waals surface area contributed by atoms with Crippen LogP contribution in [0.15, 0.2) is 17.1 Å². The van der Waals surface area contributed by atoms with E-state index in [0.717, 1.165) is 31.7 Å². The normalized spacial score (nSPS) is 24.3. The van der Waals surface area contributed by atoms with Gasteiger partial charge in [0.25, 0.3) is 0 Å². The van der Waals surface area contributed by atoms with Crippen molar-refractivity contribution >= 4 is 22.6 Å². The van der Waals surface area contributed by atoms with Gasteiger partial charge in [-0.1, -0.05) is 0 Å². The lowest BCUT2D eigenvalue weighted by Gasteiger charge is -2.26. The van der Waals surface area contributed by atoms with Crippen molar-refractivity contribution in [3.05, 3.63) is 33.9 Å². The molecule has 2 fully saturated rings. The van der Waals surface area contributed by atoms with Crippen LogP contribution in [0.3, 0.4) is 0 Å². The van der Waals surface area contributed by atoms with Crippen LogP contribution < -0.4 is 20.8 Å². The van der Waals surface area contributed by atoms with E-state index in [-0.39, 0.29) is 29.1 Å². The molecule has 1 saturated heterocycles. The third-order valence-corrected chi connectivity index (χ3v) is 5.80. The van der Waals surface area contributed by atoms with Crippen molar-refractivity contribution in [2.45, 2.75) is 43.8 Å². The van der Waals surface area contributed by atoms with E-state index in [4.69, 9.17) is 10.5 Å². The fourth-order valence-electron chi connectivity index (χ4n) is 4.44. The molecule has 3 heterocycles. The molecule has 0 unspecified atom stereocenters. The summed E-state index contributed by atoms with van der Waals surface area (Å²) in [4.78, 5) is 26.2. The van der Waals surface area contributed by atoms with Crippen LogP contribution in [-0.2, 0) is 0 Å². The number of aromatic nitrogens is 1. The Hall–Kier alpha value is -2.61. The minimum absolute atomic E-state index is 0.0314. The highest BCUT2D eigenvalue weighted by Crippen LogP contribution is 2.46. The van der Waals surface area contributed by atoms with Crippen molar-refractivity contribution < 1.29 is 19.0 Å². The number of pyridine rings is 1. The molecule has 1 saturated carbocycles. The molecule has 2 aliphatic heterocycles. The van der Waals surface area contributed by atoms with Crippen LogP contribution in [0.25, 0.3) is 10.9 Å². The minimum atomic E-state index is -1.31. The van der Waals surface area contributed by atoms with Gasteiger partial charge in [-0.05, 0) is 25.3 Å². The summed E-state index contributed by atoms with van der Waals surface area (Å²) in [5.74, 6) is -1.54. The van der Waals surface area contributed by atoms with Crippen molar-refractivity contribution in [3.63, 3.8) is 0 Å². The molecule has 0 spiro atoms. The van der Waals surface area contributed by atoms with Crippen molar-refractivity contribution in [2.75, 3.05) is 18.1 Å². The van der Waals surface area contributed by atoms with E-state index >= 15 is 4.39 Å². The largest absolute Gasteiger partial charge is 0.489 e. The van der Waals surface area contributed by atoms with Gasteiger partial charge < -0.3 is 25.0 Å². The summed E-state index contributed by atoms with van der Waals surface area (Å²) in [6, 6.07) is 1.34. The predicted molar refractivity (Wildman–Crippen MR) is 97.2 cm³/mol. The zero-order valence-corrected chi connectivity index (χ0v) is 14.7. The number of rotatable bonds is 2. The Labute approximate surface area is 154 Å². The van der Waals surface area contributed by atoms with E-state index < -0.39 is 17.2 Å². The fourth-order valence-corrected chi connectivity index (χ4v) is 4.44. The zero-order chi connectivity index (χ0) is 18.9. The van der Waals surface area contributed by atoms with Crippen molar-refractivity contribution in [1.29, 1.82) is 0 Å². The molecule has 2 atom stereocenters. The zero-order valence-electron chi connectivity index (χ0n) is 14.7. The van der Waals surface area contributed by atoms with Crippen LogP contribution in [-0.4, -0.2) is 40.9 Å². The summed E-state index contributed by atoms with van der Waals surface area (Å²) in [5.41, 5.74) is 5.91. The van der Waals surface area contributed by atoms with Gasteiger partial charge in [0.05, 0.1) is 17.5 Å². The van der Waals surface area contributed by atoms with Gasteiger partial charge in [-0.3, -0.25) is 4.79 Å². The maximum Gasteiger partial charge on any atom is 0.341 e. The van der Waals surface area contributed by atoms with Crippen LogP contribution in [0.2, 0.25) is 0 Å². The number of aromatic carboxylic acids is 1. The highest BCUT2D eigenvalue weighted by Gasteiger charge is 2.38. The fraction of sp³-hybridized carbons (Fsp3) is 0.474. The number of fused-ring (bicyclic) bond motifs is 5. The van der Waals surface area contributed by atoms with Crippen molar-refractivity contribution in [3.8, 4) is 5.75 Å². The second kappa shape index (κ2) is 5.69. The number of carbonyl (C=O) groups is 1. The summed E-state index contributed by atoms with van der Waals surface area (Å²) in [7, 11) is 0. The number of benzene rings is 1. The predicted octanol–water partition coefficient (Wildman–Crippen LogP) is 1.86. The first-order valence-electron chi connectivity index (χ1n) is 9.25. The highest BCUT2D eigenvalue weighted by atomic mass is 19.1. The second-order valence-corrected chi connectivity index (χ2v) is 7.69. The van der Waals surface area contributed by atoms with Crippen LogP contribution in [0.4, 0.5) is 10.1 Å². The molecule has 142 valence electrons. The van der Waals surface area contributed by atoms with E-state index in [9.17, 15) is 14.7 Å². The SMILES string of the molecule is N[C@H]1C[C@H]2CCOc3c(c(F)cc4c(=O)c(C(=O)O)cn(C5CC5)c34)N2C1.